The highest BCUT2D eigenvalue weighted by molar-refractivity contribution is 5.56. The molecule has 0 aromatic heterocycles. The minimum Gasteiger partial charge on any atom is -0.393 e. The maximum Gasteiger partial charge on any atom is 0.123 e. The van der Waals surface area contributed by atoms with Gasteiger partial charge in [-0.05, 0) is 85.9 Å². The predicted molar refractivity (Wildman–Crippen MR) is 82.7 cm³/mol. The van der Waals surface area contributed by atoms with Crippen LogP contribution in [0.1, 0.15) is 65.2 Å². The molecule has 118 valence electrons. The molecular formula is C19H30O2. The van der Waals surface area contributed by atoms with E-state index in [1.54, 1.807) is 0 Å². The van der Waals surface area contributed by atoms with Crippen LogP contribution < -0.4 is 0 Å². The number of carbonyl (C=O) groups excluding carboxylic acids is 1. The predicted octanol–water partition coefficient (Wildman–Crippen LogP) is 3.82. The van der Waals surface area contributed by atoms with Crippen LogP contribution in [0.5, 0.6) is 0 Å². The number of fused-ring (bicyclic) bond motifs is 5. The van der Waals surface area contributed by atoms with Gasteiger partial charge in [-0.1, -0.05) is 13.8 Å². The number of hydrogen-bond acceptors (Lipinski definition) is 2. The largest absolute Gasteiger partial charge is 0.393 e. The zero-order valence-electron chi connectivity index (χ0n) is 13.6. The molecule has 0 aliphatic heterocycles. The van der Waals surface area contributed by atoms with Crippen molar-refractivity contribution in [2.45, 2.75) is 71.3 Å². The van der Waals surface area contributed by atoms with Gasteiger partial charge in [0, 0.05) is 5.92 Å². The number of carbonyl (C=O) groups is 1. The van der Waals surface area contributed by atoms with Crippen LogP contribution in [0.25, 0.3) is 0 Å². The average Bonchev–Trinajstić information content (AvgIpc) is 2.93. The molecule has 0 aromatic carbocycles. The molecule has 0 saturated heterocycles. The SMILES string of the molecule is C[C@]12C[C@H](O)CC1CC[C@@H]1C2CC[C@@]2(C)C1CC[C@@H]2C=O. The van der Waals surface area contributed by atoms with Crippen LogP contribution in [0.2, 0.25) is 0 Å². The average molecular weight is 290 g/mol. The van der Waals surface area contributed by atoms with E-state index in [4.69, 9.17) is 0 Å². The molecule has 2 heteroatoms. The van der Waals surface area contributed by atoms with Crippen LogP contribution >= 0.6 is 0 Å². The number of hydrogen-bond donors (Lipinski definition) is 1. The Labute approximate surface area is 128 Å². The summed E-state index contributed by atoms with van der Waals surface area (Å²) in [6.07, 6.45) is 10.9. The van der Waals surface area contributed by atoms with Crippen molar-refractivity contribution in [1.82, 2.24) is 0 Å². The third-order valence-electron chi connectivity index (χ3n) is 8.53. The standard InChI is InChI=1S/C19H30O2/c1-18-8-7-17-15(16(18)6-4-13(18)11-20)5-3-12-9-14(21)10-19(12,17)2/h11-17,21H,3-10H2,1-2H3/t12?,13-,14-,15+,16?,17?,18-,19+/m1/s1. The molecule has 0 amide bonds. The zero-order chi connectivity index (χ0) is 14.8. The summed E-state index contributed by atoms with van der Waals surface area (Å²) < 4.78 is 0. The lowest BCUT2D eigenvalue weighted by Crippen LogP contribution is -2.50. The highest BCUT2D eigenvalue weighted by Gasteiger charge is 2.61. The van der Waals surface area contributed by atoms with Gasteiger partial charge < -0.3 is 9.90 Å². The summed E-state index contributed by atoms with van der Waals surface area (Å²) >= 11 is 0. The highest BCUT2D eigenvalue weighted by atomic mass is 16.3. The smallest absolute Gasteiger partial charge is 0.123 e. The Morgan fingerprint density at radius 1 is 1.00 bits per heavy atom. The van der Waals surface area contributed by atoms with Gasteiger partial charge in [-0.25, -0.2) is 0 Å². The van der Waals surface area contributed by atoms with Crippen molar-refractivity contribution in [3.63, 3.8) is 0 Å². The molecule has 4 aliphatic rings. The van der Waals surface area contributed by atoms with E-state index in [1.165, 1.54) is 38.4 Å². The summed E-state index contributed by atoms with van der Waals surface area (Å²) in [5.41, 5.74) is 0.659. The van der Waals surface area contributed by atoms with E-state index in [2.05, 4.69) is 13.8 Å². The fourth-order valence-electron chi connectivity index (χ4n) is 7.42. The minimum atomic E-state index is -0.0571. The summed E-state index contributed by atoms with van der Waals surface area (Å²) in [6.45, 7) is 4.87. The Morgan fingerprint density at radius 3 is 2.52 bits per heavy atom. The van der Waals surface area contributed by atoms with Crippen molar-refractivity contribution in [3.05, 3.63) is 0 Å². The van der Waals surface area contributed by atoms with Gasteiger partial charge in [0.15, 0.2) is 0 Å². The second-order valence-electron chi connectivity index (χ2n) is 9.12. The van der Waals surface area contributed by atoms with Gasteiger partial charge >= 0.3 is 0 Å². The maximum absolute atomic E-state index is 11.5. The van der Waals surface area contributed by atoms with E-state index < -0.39 is 0 Å². The first-order valence-electron chi connectivity index (χ1n) is 9.12. The summed E-state index contributed by atoms with van der Waals surface area (Å²) in [5.74, 6) is 3.45. The molecule has 0 heterocycles. The molecular weight excluding hydrogens is 260 g/mol. The number of rotatable bonds is 1. The van der Waals surface area contributed by atoms with E-state index in [0.29, 0.717) is 11.3 Å². The van der Waals surface area contributed by atoms with Gasteiger partial charge in [0.2, 0.25) is 0 Å². The van der Waals surface area contributed by atoms with E-state index in [1.807, 2.05) is 0 Å². The molecule has 2 nitrogen and oxygen atoms in total. The Kier molecular flexibility index (Phi) is 3.10. The van der Waals surface area contributed by atoms with Gasteiger partial charge in [0.25, 0.3) is 0 Å². The van der Waals surface area contributed by atoms with Gasteiger partial charge in [-0.15, -0.1) is 0 Å². The molecule has 0 radical (unpaired) electrons. The molecule has 8 atom stereocenters. The monoisotopic (exact) mass is 290 g/mol. The number of aliphatic hydroxyl groups is 1. The van der Waals surface area contributed by atoms with Gasteiger partial charge in [0.1, 0.15) is 6.29 Å². The molecule has 0 spiro atoms. The second-order valence-corrected chi connectivity index (χ2v) is 9.12. The highest BCUT2D eigenvalue weighted by Crippen LogP contribution is 2.67. The normalized spacial score (nSPS) is 59.2. The molecule has 4 saturated carbocycles. The van der Waals surface area contributed by atoms with E-state index in [9.17, 15) is 9.90 Å². The van der Waals surface area contributed by atoms with Crippen molar-refractivity contribution in [1.29, 1.82) is 0 Å². The maximum atomic E-state index is 11.5. The molecule has 3 unspecified atom stereocenters. The van der Waals surface area contributed by atoms with Crippen molar-refractivity contribution >= 4 is 6.29 Å². The lowest BCUT2D eigenvalue weighted by molar-refractivity contribution is -0.120. The molecule has 4 fully saturated rings. The molecule has 21 heavy (non-hydrogen) atoms. The van der Waals surface area contributed by atoms with Gasteiger partial charge in [0.05, 0.1) is 6.10 Å². The first kappa shape index (κ1) is 14.2. The van der Waals surface area contributed by atoms with E-state index in [0.717, 1.165) is 42.9 Å². The topological polar surface area (TPSA) is 37.3 Å². The van der Waals surface area contributed by atoms with E-state index >= 15 is 0 Å². The Bertz CT molecular complexity index is 447. The third-order valence-corrected chi connectivity index (χ3v) is 8.53. The van der Waals surface area contributed by atoms with Crippen molar-refractivity contribution in [2.24, 2.45) is 40.4 Å². The summed E-state index contributed by atoms with van der Waals surface area (Å²) in [5, 5.41) is 10.2. The second kappa shape index (κ2) is 4.57. The Balaban J connectivity index is 1.65. The first-order chi connectivity index (χ1) is 9.99. The summed E-state index contributed by atoms with van der Waals surface area (Å²) in [6, 6.07) is 0. The van der Waals surface area contributed by atoms with Gasteiger partial charge in [-0.3, -0.25) is 0 Å². The molecule has 0 aromatic rings. The lowest BCUT2D eigenvalue weighted by Gasteiger charge is -2.57. The fourth-order valence-corrected chi connectivity index (χ4v) is 7.42. The van der Waals surface area contributed by atoms with Crippen LogP contribution in [0, 0.1) is 40.4 Å². The van der Waals surface area contributed by atoms with Crippen molar-refractivity contribution in [2.75, 3.05) is 0 Å². The number of aldehydes is 1. The molecule has 4 rings (SSSR count). The quantitative estimate of drug-likeness (QED) is 0.746. The van der Waals surface area contributed by atoms with Crippen LogP contribution in [0.15, 0.2) is 0 Å². The van der Waals surface area contributed by atoms with Crippen LogP contribution in [0.4, 0.5) is 0 Å². The zero-order valence-corrected chi connectivity index (χ0v) is 13.6. The first-order valence-corrected chi connectivity index (χ1v) is 9.12. The Morgan fingerprint density at radius 2 is 1.76 bits per heavy atom. The fraction of sp³-hybridized carbons (Fsp3) is 0.947. The Hall–Kier alpha value is -0.370. The third kappa shape index (κ3) is 1.77. The summed E-state index contributed by atoms with van der Waals surface area (Å²) in [4.78, 5) is 11.5. The van der Waals surface area contributed by atoms with Crippen molar-refractivity contribution < 1.29 is 9.90 Å². The molecule has 4 aliphatic carbocycles. The van der Waals surface area contributed by atoms with Crippen LogP contribution in [-0.4, -0.2) is 17.5 Å². The van der Waals surface area contributed by atoms with E-state index in [-0.39, 0.29) is 11.5 Å². The van der Waals surface area contributed by atoms with Crippen LogP contribution in [-0.2, 0) is 4.79 Å². The minimum absolute atomic E-state index is 0.0571. The molecule has 1 N–H and O–H groups in total. The van der Waals surface area contributed by atoms with Gasteiger partial charge in [-0.2, -0.15) is 0 Å². The number of aliphatic hydroxyl groups excluding tert-OH is 1. The lowest BCUT2D eigenvalue weighted by atomic mass is 9.48. The molecule has 0 bridgehead atoms. The summed E-state index contributed by atoms with van der Waals surface area (Å²) in [7, 11) is 0. The van der Waals surface area contributed by atoms with Crippen molar-refractivity contribution in [3.8, 4) is 0 Å². The van der Waals surface area contributed by atoms with Crippen LogP contribution in [0.3, 0.4) is 0 Å².